The molecular formula is C17H24N2O2. The molecule has 21 heavy (non-hydrogen) atoms. The molecule has 0 spiro atoms. The van der Waals surface area contributed by atoms with Crippen molar-refractivity contribution in [1.29, 1.82) is 0 Å². The Bertz CT molecular complexity index is 514. The molecule has 0 aromatic heterocycles. The summed E-state index contributed by atoms with van der Waals surface area (Å²) in [6.45, 7) is 7.85. The maximum Gasteiger partial charge on any atom is 0.237 e. The fraction of sp³-hybridized carbons (Fsp3) is 0.471. The highest BCUT2D eigenvalue weighted by molar-refractivity contribution is 5.81. The van der Waals surface area contributed by atoms with Crippen LogP contribution in [0.15, 0.2) is 30.9 Å². The number of ether oxygens (including phenoxy) is 1. The third kappa shape index (κ3) is 3.85. The third-order valence-corrected chi connectivity index (χ3v) is 4.03. The molecule has 2 rings (SSSR count). The van der Waals surface area contributed by atoms with Crippen LogP contribution in [-0.4, -0.2) is 37.0 Å². The predicted molar refractivity (Wildman–Crippen MR) is 84.4 cm³/mol. The van der Waals surface area contributed by atoms with Crippen LogP contribution < -0.4 is 10.1 Å². The van der Waals surface area contributed by atoms with Crippen LogP contribution in [0.4, 0.5) is 0 Å². The number of aryl methyl sites for hydroxylation is 1. The molecule has 1 amide bonds. The first-order chi connectivity index (χ1) is 10.2. The Labute approximate surface area is 126 Å². The van der Waals surface area contributed by atoms with E-state index in [-0.39, 0.29) is 11.9 Å². The number of hydrogen-bond acceptors (Lipinski definition) is 3. The Kier molecular flexibility index (Phi) is 5.39. The standard InChI is InChI=1S/C17H24N2O2/c1-4-9-18-17(20)13(2)19-10-5-6-14-11-16(21-3)8-7-15(14)12-19/h4,7-8,11,13H,1,5-6,9-10,12H2,2-3H3,(H,18,20). The van der Waals surface area contributed by atoms with Crippen LogP contribution in [0, 0.1) is 0 Å². The maximum absolute atomic E-state index is 12.1. The quantitative estimate of drug-likeness (QED) is 0.844. The van der Waals surface area contributed by atoms with Crippen molar-refractivity contribution in [3.05, 3.63) is 42.0 Å². The van der Waals surface area contributed by atoms with Crippen LogP contribution in [0.25, 0.3) is 0 Å². The highest BCUT2D eigenvalue weighted by Crippen LogP contribution is 2.24. The maximum atomic E-state index is 12.1. The predicted octanol–water partition coefficient (Wildman–Crippen LogP) is 2.13. The largest absolute Gasteiger partial charge is 0.497 e. The summed E-state index contributed by atoms with van der Waals surface area (Å²) in [7, 11) is 1.69. The van der Waals surface area contributed by atoms with Gasteiger partial charge in [-0.3, -0.25) is 9.69 Å². The first-order valence-electron chi connectivity index (χ1n) is 7.44. The lowest BCUT2D eigenvalue weighted by Gasteiger charge is -2.26. The van der Waals surface area contributed by atoms with E-state index in [4.69, 9.17) is 4.74 Å². The number of rotatable bonds is 5. The van der Waals surface area contributed by atoms with Crippen molar-refractivity contribution in [1.82, 2.24) is 10.2 Å². The van der Waals surface area contributed by atoms with E-state index in [1.807, 2.05) is 13.0 Å². The fourth-order valence-electron chi connectivity index (χ4n) is 2.70. The number of nitrogens with zero attached hydrogens (tertiary/aromatic N) is 1. The SMILES string of the molecule is C=CCNC(=O)C(C)N1CCCc2cc(OC)ccc2C1. The van der Waals surface area contributed by atoms with Crippen LogP contribution >= 0.6 is 0 Å². The van der Waals surface area contributed by atoms with E-state index in [1.54, 1.807) is 13.2 Å². The molecule has 1 aromatic carbocycles. The van der Waals surface area contributed by atoms with Crippen molar-refractivity contribution in [2.75, 3.05) is 20.2 Å². The number of carbonyl (C=O) groups is 1. The first-order valence-corrected chi connectivity index (χ1v) is 7.44. The second-order valence-corrected chi connectivity index (χ2v) is 5.42. The highest BCUT2D eigenvalue weighted by atomic mass is 16.5. The van der Waals surface area contributed by atoms with E-state index in [2.05, 4.69) is 28.9 Å². The number of carbonyl (C=O) groups excluding carboxylic acids is 1. The topological polar surface area (TPSA) is 41.6 Å². The summed E-state index contributed by atoms with van der Waals surface area (Å²) in [5.41, 5.74) is 2.62. The van der Waals surface area contributed by atoms with Crippen LogP contribution in [0.2, 0.25) is 0 Å². The van der Waals surface area contributed by atoms with E-state index in [9.17, 15) is 4.79 Å². The van der Waals surface area contributed by atoms with Gasteiger partial charge < -0.3 is 10.1 Å². The van der Waals surface area contributed by atoms with Gasteiger partial charge >= 0.3 is 0 Å². The first kappa shape index (κ1) is 15.6. The molecule has 0 fully saturated rings. The number of nitrogens with one attached hydrogen (secondary N) is 1. The lowest BCUT2D eigenvalue weighted by Crippen LogP contribution is -2.44. The van der Waals surface area contributed by atoms with Gasteiger partial charge in [-0.25, -0.2) is 0 Å². The van der Waals surface area contributed by atoms with Crippen LogP contribution in [-0.2, 0) is 17.8 Å². The van der Waals surface area contributed by atoms with Gasteiger partial charge in [-0.1, -0.05) is 12.1 Å². The summed E-state index contributed by atoms with van der Waals surface area (Å²) in [5, 5.41) is 2.87. The Morgan fingerprint density at radius 2 is 2.33 bits per heavy atom. The third-order valence-electron chi connectivity index (χ3n) is 4.03. The van der Waals surface area contributed by atoms with Gasteiger partial charge in [0, 0.05) is 13.1 Å². The molecule has 1 aliphatic rings. The average molecular weight is 288 g/mol. The molecule has 1 aliphatic heterocycles. The van der Waals surface area contributed by atoms with Gasteiger partial charge in [0.25, 0.3) is 0 Å². The minimum atomic E-state index is -0.127. The monoisotopic (exact) mass is 288 g/mol. The molecule has 1 N–H and O–H groups in total. The summed E-state index contributed by atoms with van der Waals surface area (Å²) in [5.74, 6) is 0.964. The number of methoxy groups -OCH3 is 1. The molecule has 4 nitrogen and oxygen atoms in total. The Morgan fingerprint density at radius 1 is 1.52 bits per heavy atom. The number of hydrogen-bond donors (Lipinski definition) is 1. The van der Waals surface area contributed by atoms with Crippen molar-refractivity contribution in [2.45, 2.75) is 32.4 Å². The van der Waals surface area contributed by atoms with Gasteiger partial charge in [0.1, 0.15) is 5.75 Å². The summed E-state index contributed by atoms with van der Waals surface area (Å²) in [6, 6.07) is 6.09. The average Bonchev–Trinajstić information content (AvgIpc) is 2.73. The van der Waals surface area contributed by atoms with Crippen LogP contribution in [0.5, 0.6) is 5.75 Å². The van der Waals surface area contributed by atoms with Gasteiger partial charge in [-0.15, -0.1) is 6.58 Å². The van der Waals surface area contributed by atoms with Crippen molar-refractivity contribution in [3.63, 3.8) is 0 Å². The number of benzene rings is 1. The smallest absolute Gasteiger partial charge is 0.237 e. The number of amides is 1. The van der Waals surface area contributed by atoms with Crippen molar-refractivity contribution >= 4 is 5.91 Å². The van der Waals surface area contributed by atoms with Crippen molar-refractivity contribution < 1.29 is 9.53 Å². The summed E-state index contributed by atoms with van der Waals surface area (Å²) < 4.78 is 5.29. The molecule has 0 bridgehead atoms. The summed E-state index contributed by atoms with van der Waals surface area (Å²) in [4.78, 5) is 14.3. The molecule has 1 atom stereocenters. The number of fused-ring (bicyclic) bond motifs is 1. The zero-order valence-corrected chi connectivity index (χ0v) is 12.9. The normalized spacial score (nSPS) is 16.5. The molecule has 0 saturated heterocycles. The van der Waals surface area contributed by atoms with E-state index < -0.39 is 0 Å². The summed E-state index contributed by atoms with van der Waals surface area (Å²) >= 11 is 0. The zero-order valence-electron chi connectivity index (χ0n) is 12.9. The van der Waals surface area contributed by atoms with Gasteiger partial charge in [0.15, 0.2) is 0 Å². The molecular weight excluding hydrogens is 264 g/mol. The van der Waals surface area contributed by atoms with Gasteiger partial charge in [0.2, 0.25) is 5.91 Å². The van der Waals surface area contributed by atoms with E-state index >= 15 is 0 Å². The van der Waals surface area contributed by atoms with Crippen molar-refractivity contribution in [3.8, 4) is 5.75 Å². The molecule has 1 aromatic rings. The minimum Gasteiger partial charge on any atom is -0.497 e. The van der Waals surface area contributed by atoms with E-state index in [1.165, 1.54) is 11.1 Å². The molecule has 114 valence electrons. The molecule has 4 heteroatoms. The van der Waals surface area contributed by atoms with Gasteiger partial charge in [-0.05, 0) is 49.6 Å². The Morgan fingerprint density at radius 3 is 3.05 bits per heavy atom. The van der Waals surface area contributed by atoms with E-state index in [0.717, 1.165) is 31.7 Å². The van der Waals surface area contributed by atoms with Gasteiger partial charge in [-0.2, -0.15) is 0 Å². The molecule has 0 aliphatic carbocycles. The lowest BCUT2D eigenvalue weighted by molar-refractivity contribution is -0.125. The second-order valence-electron chi connectivity index (χ2n) is 5.42. The fourth-order valence-corrected chi connectivity index (χ4v) is 2.70. The Hall–Kier alpha value is -1.81. The molecule has 1 heterocycles. The molecule has 1 unspecified atom stereocenters. The lowest BCUT2D eigenvalue weighted by atomic mass is 10.0. The Balaban J connectivity index is 2.09. The van der Waals surface area contributed by atoms with Crippen LogP contribution in [0.3, 0.4) is 0 Å². The molecule has 0 radical (unpaired) electrons. The zero-order chi connectivity index (χ0) is 15.2. The second kappa shape index (κ2) is 7.27. The van der Waals surface area contributed by atoms with Crippen LogP contribution in [0.1, 0.15) is 24.5 Å². The van der Waals surface area contributed by atoms with E-state index in [0.29, 0.717) is 6.54 Å². The highest BCUT2D eigenvalue weighted by Gasteiger charge is 2.23. The summed E-state index contributed by atoms with van der Waals surface area (Å²) in [6.07, 6.45) is 3.79. The van der Waals surface area contributed by atoms with Gasteiger partial charge in [0.05, 0.1) is 13.2 Å². The molecule has 0 saturated carbocycles. The van der Waals surface area contributed by atoms with Crippen molar-refractivity contribution in [2.24, 2.45) is 0 Å². The minimum absolute atomic E-state index is 0.0619.